The molecule has 0 aromatic heterocycles. The van der Waals surface area contributed by atoms with Crippen molar-refractivity contribution in [3.05, 3.63) is 69.7 Å². The van der Waals surface area contributed by atoms with Gasteiger partial charge in [-0.1, -0.05) is 47.5 Å². The smallest absolute Gasteiger partial charge is 0.101 e. The maximum Gasteiger partial charge on any atom is 0.101 e. The highest BCUT2D eigenvalue weighted by Crippen LogP contribution is 2.59. The lowest BCUT2D eigenvalue weighted by molar-refractivity contribution is 0.796. The predicted molar refractivity (Wildman–Crippen MR) is 92.1 cm³/mol. The van der Waals surface area contributed by atoms with Crippen LogP contribution in [0.2, 0.25) is 10.0 Å². The van der Waals surface area contributed by atoms with Crippen molar-refractivity contribution in [1.29, 1.82) is 0 Å². The molecule has 0 saturated heterocycles. The van der Waals surface area contributed by atoms with Gasteiger partial charge in [-0.3, -0.25) is 4.99 Å². The number of benzene rings is 2. The Labute approximate surface area is 140 Å². The minimum atomic E-state index is -0.00858. The molecule has 2 aliphatic rings. The van der Waals surface area contributed by atoms with E-state index in [0.717, 1.165) is 35.4 Å². The number of rotatable bonds is 3. The van der Waals surface area contributed by atoms with E-state index in [9.17, 15) is 0 Å². The van der Waals surface area contributed by atoms with Gasteiger partial charge in [0.25, 0.3) is 0 Å². The van der Waals surface area contributed by atoms with Crippen molar-refractivity contribution in [3.8, 4) is 0 Å². The molecule has 112 valence electrons. The van der Waals surface area contributed by atoms with Gasteiger partial charge in [0, 0.05) is 27.9 Å². The van der Waals surface area contributed by atoms with E-state index in [4.69, 9.17) is 23.2 Å². The summed E-state index contributed by atoms with van der Waals surface area (Å²) in [5, 5.41) is 4.97. The van der Waals surface area contributed by atoms with Crippen molar-refractivity contribution in [2.24, 2.45) is 10.9 Å². The minimum absolute atomic E-state index is 0.00858. The van der Waals surface area contributed by atoms with Crippen molar-refractivity contribution in [2.45, 2.75) is 11.8 Å². The summed E-state index contributed by atoms with van der Waals surface area (Å²) in [6, 6.07) is 16.4. The van der Waals surface area contributed by atoms with Crippen LogP contribution in [0.25, 0.3) is 0 Å². The molecule has 0 amide bonds. The summed E-state index contributed by atoms with van der Waals surface area (Å²) in [7, 11) is 0. The quantitative estimate of drug-likeness (QED) is 0.891. The van der Waals surface area contributed by atoms with Crippen LogP contribution in [0, 0.1) is 5.92 Å². The molecule has 1 atom stereocenters. The fourth-order valence-corrected chi connectivity index (χ4v) is 3.79. The average molecular weight is 331 g/mol. The first-order valence-electron chi connectivity index (χ1n) is 7.50. The van der Waals surface area contributed by atoms with Crippen molar-refractivity contribution in [2.75, 3.05) is 13.1 Å². The molecular formula is C18H16Cl2N2. The van der Waals surface area contributed by atoms with E-state index in [2.05, 4.69) is 34.6 Å². The molecule has 2 nitrogen and oxygen atoms in total. The Morgan fingerprint density at radius 1 is 0.909 bits per heavy atom. The van der Waals surface area contributed by atoms with E-state index < -0.39 is 0 Å². The Bertz CT molecular complexity index is 674. The summed E-state index contributed by atoms with van der Waals surface area (Å²) in [4.78, 5) is 4.63. The first-order valence-corrected chi connectivity index (χ1v) is 8.26. The van der Waals surface area contributed by atoms with E-state index in [1.165, 1.54) is 11.1 Å². The first-order chi connectivity index (χ1) is 10.7. The molecule has 1 unspecified atom stereocenters. The summed E-state index contributed by atoms with van der Waals surface area (Å²) in [6.07, 6.45) is 1.07. The lowest BCUT2D eigenvalue weighted by Crippen LogP contribution is -2.25. The number of halogens is 2. The summed E-state index contributed by atoms with van der Waals surface area (Å²) >= 11 is 12.1. The standard InChI is InChI=1S/C18H16Cl2N2/c19-14-5-1-12(2-6-14)18(13-3-7-15(20)8-4-13)11-16(18)17-21-9-10-22-17/h1-8,16H,9-11H2,(H,21,22). The molecule has 0 bridgehead atoms. The topological polar surface area (TPSA) is 24.4 Å². The van der Waals surface area contributed by atoms with Crippen LogP contribution in [-0.2, 0) is 5.41 Å². The number of aliphatic imine (C=N–C) groups is 1. The molecule has 4 rings (SSSR count). The fraction of sp³-hybridized carbons (Fsp3) is 0.278. The Kier molecular flexibility index (Phi) is 3.39. The lowest BCUT2D eigenvalue weighted by atomic mass is 9.85. The Morgan fingerprint density at radius 2 is 1.45 bits per heavy atom. The highest BCUT2D eigenvalue weighted by Gasteiger charge is 2.59. The highest BCUT2D eigenvalue weighted by molar-refractivity contribution is 6.30. The van der Waals surface area contributed by atoms with Crippen LogP contribution in [0.5, 0.6) is 0 Å². The van der Waals surface area contributed by atoms with Gasteiger partial charge in [-0.2, -0.15) is 0 Å². The maximum atomic E-state index is 6.06. The molecule has 0 radical (unpaired) electrons. The second-order valence-electron chi connectivity index (χ2n) is 5.94. The molecule has 1 heterocycles. The molecule has 1 fully saturated rings. The SMILES string of the molecule is Clc1ccc(C2(c3ccc(Cl)cc3)CC2C2=NCCN2)cc1. The average Bonchev–Trinajstić information content (AvgIpc) is 3.04. The molecular weight excluding hydrogens is 315 g/mol. The zero-order chi connectivity index (χ0) is 15.2. The van der Waals surface area contributed by atoms with E-state index in [1.54, 1.807) is 0 Å². The Morgan fingerprint density at radius 3 is 1.91 bits per heavy atom. The Hall–Kier alpha value is -1.51. The van der Waals surface area contributed by atoms with Crippen LogP contribution in [0.15, 0.2) is 53.5 Å². The van der Waals surface area contributed by atoms with E-state index in [-0.39, 0.29) is 5.41 Å². The normalized spacial score (nSPS) is 22.1. The van der Waals surface area contributed by atoms with Gasteiger partial charge in [0.15, 0.2) is 0 Å². The molecule has 1 saturated carbocycles. The van der Waals surface area contributed by atoms with E-state index >= 15 is 0 Å². The van der Waals surface area contributed by atoms with Crippen LogP contribution in [-0.4, -0.2) is 18.9 Å². The Balaban J connectivity index is 1.79. The van der Waals surface area contributed by atoms with Gasteiger partial charge < -0.3 is 5.32 Å². The summed E-state index contributed by atoms with van der Waals surface area (Å²) < 4.78 is 0. The molecule has 0 spiro atoms. The van der Waals surface area contributed by atoms with Crippen LogP contribution in [0.3, 0.4) is 0 Å². The molecule has 1 aliphatic carbocycles. The molecule has 1 N–H and O–H groups in total. The monoisotopic (exact) mass is 330 g/mol. The minimum Gasteiger partial charge on any atom is -0.372 e. The summed E-state index contributed by atoms with van der Waals surface area (Å²) in [5.41, 5.74) is 2.58. The van der Waals surface area contributed by atoms with Crippen LogP contribution < -0.4 is 5.32 Å². The maximum absolute atomic E-state index is 6.06. The van der Waals surface area contributed by atoms with Crippen LogP contribution >= 0.6 is 23.2 Å². The third kappa shape index (κ3) is 2.22. The molecule has 4 heteroatoms. The van der Waals surface area contributed by atoms with Crippen LogP contribution in [0.4, 0.5) is 0 Å². The second-order valence-corrected chi connectivity index (χ2v) is 6.81. The third-order valence-corrected chi connectivity index (χ3v) is 5.21. The summed E-state index contributed by atoms with van der Waals surface area (Å²) in [5.74, 6) is 1.56. The third-order valence-electron chi connectivity index (χ3n) is 4.71. The van der Waals surface area contributed by atoms with Gasteiger partial charge in [-0.05, 0) is 41.8 Å². The highest BCUT2D eigenvalue weighted by atomic mass is 35.5. The molecule has 2 aromatic rings. The number of hydrogen-bond acceptors (Lipinski definition) is 2. The number of nitrogens with one attached hydrogen (secondary N) is 1. The fourth-order valence-electron chi connectivity index (χ4n) is 3.54. The van der Waals surface area contributed by atoms with Gasteiger partial charge in [-0.25, -0.2) is 0 Å². The number of amidine groups is 1. The van der Waals surface area contributed by atoms with E-state index in [0.29, 0.717) is 5.92 Å². The number of nitrogens with zero attached hydrogens (tertiary/aromatic N) is 1. The van der Waals surface area contributed by atoms with Gasteiger partial charge in [0.1, 0.15) is 5.84 Å². The van der Waals surface area contributed by atoms with Gasteiger partial charge in [0.2, 0.25) is 0 Å². The first kappa shape index (κ1) is 14.1. The van der Waals surface area contributed by atoms with Crippen LogP contribution in [0.1, 0.15) is 17.5 Å². The summed E-state index contributed by atoms with van der Waals surface area (Å²) in [6.45, 7) is 1.83. The molecule has 1 aliphatic heterocycles. The number of hydrogen-bond donors (Lipinski definition) is 1. The van der Waals surface area contributed by atoms with Gasteiger partial charge >= 0.3 is 0 Å². The van der Waals surface area contributed by atoms with Crippen molar-refractivity contribution >= 4 is 29.0 Å². The van der Waals surface area contributed by atoms with Gasteiger partial charge in [-0.15, -0.1) is 0 Å². The lowest BCUT2D eigenvalue weighted by Gasteiger charge is -2.19. The second kappa shape index (κ2) is 5.29. The zero-order valence-corrected chi connectivity index (χ0v) is 13.5. The van der Waals surface area contributed by atoms with Gasteiger partial charge in [0.05, 0.1) is 6.54 Å². The largest absolute Gasteiger partial charge is 0.372 e. The van der Waals surface area contributed by atoms with E-state index in [1.807, 2.05) is 24.3 Å². The van der Waals surface area contributed by atoms with Crippen molar-refractivity contribution < 1.29 is 0 Å². The molecule has 2 aromatic carbocycles. The predicted octanol–water partition coefficient (Wildman–Crippen LogP) is 4.30. The molecule has 22 heavy (non-hydrogen) atoms. The van der Waals surface area contributed by atoms with Crippen molar-refractivity contribution in [3.63, 3.8) is 0 Å². The van der Waals surface area contributed by atoms with Crippen molar-refractivity contribution in [1.82, 2.24) is 5.32 Å². The zero-order valence-electron chi connectivity index (χ0n) is 12.0.